The Bertz CT molecular complexity index is 796. The summed E-state index contributed by atoms with van der Waals surface area (Å²) in [5.74, 6) is -2.67. The Morgan fingerprint density at radius 2 is 1.88 bits per heavy atom. The van der Waals surface area contributed by atoms with E-state index in [1.54, 1.807) is 12.1 Å². The van der Waals surface area contributed by atoms with Gasteiger partial charge in [-0.3, -0.25) is 9.59 Å². The molecule has 0 saturated heterocycles. The van der Waals surface area contributed by atoms with Crippen LogP contribution in [0.2, 0.25) is 0 Å². The van der Waals surface area contributed by atoms with Crippen molar-refractivity contribution in [3.05, 3.63) is 58.1 Å². The Morgan fingerprint density at radius 3 is 2.46 bits per heavy atom. The van der Waals surface area contributed by atoms with Gasteiger partial charge in [0.2, 0.25) is 11.8 Å². The van der Waals surface area contributed by atoms with Crippen molar-refractivity contribution in [1.29, 1.82) is 0 Å². The second kappa shape index (κ2) is 7.53. The molecule has 0 radical (unpaired) electrons. The van der Waals surface area contributed by atoms with E-state index in [9.17, 15) is 18.4 Å². The van der Waals surface area contributed by atoms with E-state index in [4.69, 9.17) is 0 Å². The van der Waals surface area contributed by atoms with Gasteiger partial charge in [0.05, 0.1) is 5.69 Å². The number of carbonyl (C=O) groups is 2. The molecule has 7 heteroatoms. The van der Waals surface area contributed by atoms with E-state index in [-0.39, 0.29) is 12.2 Å². The minimum absolute atomic E-state index is 0.147. The van der Waals surface area contributed by atoms with Gasteiger partial charge in [-0.25, -0.2) is 8.78 Å². The van der Waals surface area contributed by atoms with Crippen LogP contribution in [0, 0.1) is 18.6 Å². The van der Waals surface area contributed by atoms with E-state index in [0.717, 1.165) is 27.1 Å². The average Bonchev–Trinajstić information content (AvgIpc) is 2.48. The molecular formula is C17H15BrF2N2O2. The average molecular weight is 397 g/mol. The first kappa shape index (κ1) is 18.1. The number of amides is 2. The minimum Gasteiger partial charge on any atom is -0.324 e. The van der Waals surface area contributed by atoms with Gasteiger partial charge < -0.3 is 10.2 Å². The Kier molecular flexibility index (Phi) is 5.66. The second-order valence-electron chi connectivity index (χ2n) is 5.21. The molecule has 0 saturated carbocycles. The third-order valence-electron chi connectivity index (χ3n) is 3.34. The number of aryl methyl sites for hydroxylation is 1. The molecular weight excluding hydrogens is 382 g/mol. The topological polar surface area (TPSA) is 49.4 Å². The number of hydrogen-bond donors (Lipinski definition) is 1. The van der Waals surface area contributed by atoms with Crippen LogP contribution in [-0.2, 0) is 9.59 Å². The number of nitrogens with zero attached hydrogens (tertiary/aromatic N) is 1. The fourth-order valence-electron chi connectivity index (χ4n) is 2.17. The number of benzene rings is 2. The Morgan fingerprint density at radius 1 is 1.17 bits per heavy atom. The van der Waals surface area contributed by atoms with Crippen molar-refractivity contribution in [3.63, 3.8) is 0 Å². The second-order valence-corrected chi connectivity index (χ2v) is 6.12. The minimum atomic E-state index is -0.905. The van der Waals surface area contributed by atoms with E-state index >= 15 is 0 Å². The van der Waals surface area contributed by atoms with E-state index in [0.29, 0.717) is 11.8 Å². The standard InChI is InChI=1S/C17H15BrF2N2O2/c1-10-7-12(18)3-5-15(10)21-17(24)9-22(11(2)23)16-6-4-13(19)8-14(16)20/h3-8H,9H2,1-2H3,(H,21,24). The molecule has 0 aromatic heterocycles. The van der Waals surface area contributed by atoms with Crippen LogP contribution in [0.3, 0.4) is 0 Å². The van der Waals surface area contributed by atoms with E-state index in [2.05, 4.69) is 21.2 Å². The molecule has 0 aliphatic heterocycles. The highest BCUT2D eigenvalue weighted by Crippen LogP contribution is 2.22. The Labute approximate surface area is 146 Å². The van der Waals surface area contributed by atoms with Crippen LogP contribution in [0.4, 0.5) is 20.2 Å². The molecule has 0 heterocycles. The first-order chi connectivity index (χ1) is 11.3. The summed E-state index contributed by atoms with van der Waals surface area (Å²) in [5, 5.41) is 2.67. The first-order valence-electron chi connectivity index (χ1n) is 7.07. The monoisotopic (exact) mass is 396 g/mol. The highest BCUT2D eigenvalue weighted by molar-refractivity contribution is 9.10. The van der Waals surface area contributed by atoms with Crippen LogP contribution in [0.15, 0.2) is 40.9 Å². The number of halogens is 3. The van der Waals surface area contributed by atoms with Crippen molar-refractivity contribution >= 4 is 39.1 Å². The summed E-state index contributed by atoms with van der Waals surface area (Å²) in [4.78, 5) is 24.9. The maximum Gasteiger partial charge on any atom is 0.244 e. The van der Waals surface area contributed by atoms with Crippen LogP contribution in [0.25, 0.3) is 0 Å². The molecule has 0 aliphatic carbocycles. The van der Waals surface area contributed by atoms with Gasteiger partial charge in [-0.1, -0.05) is 15.9 Å². The summed E-state index contributed by atoms with van der Waals surface area (Å²) in [6.45, 7) is 2.65. The molecule has 0 fully saturated rings. The first-order valence-corrected chi connectivity index (χ1v) is 7.86. The van der Waals surface area contributed by atoms with Gasteiger partial charge in [0, 0.05) is 23.2 Å². The SMILES string of the molecule is CC(=O)N(CC(=O)Nc1ccc(Br)cc1C)c1ccc(F)cc1F. The van der Waals surface area contributed by atoms with Gasteiger partial charge in [-0.05, 0) is 42.8 Å². The smallest absolute Gasteiger partial charge is 0.244 e. The number of carbonyl (C=O) groups excluding carboxylic acids is 2. The van der Waals surface area contributed by atoms with E-state index in [1.165, 1.54) is 6.92 Å². The molecule has 2 rings (SSSR count). The number of nitrogens with one attached hydrogen (secondary N) is 1. The molecule has 126 valence electrons. The van der Waals surface area contributed by atoms with Crippen molar-refractivity contribution < 1.29 is 18.4 Å². The van der Waals surface area contributed by atoms with Crippen LogP contribution < -0.4 is 10.2 Å². The van der Waals surface area contributed by atoms with Gasteiger partial charge in [0.1, 0.15) is 18.2 Å². The van der Waals surface area contributed by atoms with Crippen molar-refractivity contribution in [2.24, 2.45) is 0 Å². The molecule has 24 heavy (non-hydrogen) atoms. The number of hydrogen-bond acceptors (Lipinski definition) is 2. The summed E-state index contributed by atoms with van der Waals surface area (Å²) in [7, 11) is 0. The molecule has 1 N–H and O–H groups in total. The van der Waals surface area contributed by atoms with Crippen LogP contribution in [-0.4, -0.2) is 18.4 Å². The molecule has 0 spiro atoms. The van der Waals surface area contributed by atoms with Gasteiger partial charge in [0.15, 0.2) is 0 Å². The van der Waals surface area contributed by atoms with Crippen molar-refractivity contribution in [2.45, 2.75) is 13.8 Å². The molecule has 0 unspecified atom stereocenters. The van der Waals surface area contributed by atoms with E-state index in [1.807, 2.05) is 13.0 Å². The fraction of sp³-hybridized carbons (Fsp3) is 0.176. The van der Waals surface area contributed by atoms with Crippen molar-refractivity contribution in [2.75, 3.05) is 16.8 Å². The van der Waals surface area contributed by atoms with Gasteiger partial charge in [0.25, 0.3) is 0 Å². The molecule has 2 aromatic rings. The zero-order valence-electron chi connectivity index (χ0n) is 13.1. The molecule has 4 nitrogen and oxygen atoms in total. The lowest BCUT2D eigenvalue weighted by Crippen LogP contribution is -2.37. The summed E-state index contributed by atoms with van der Waals surface area (Å²) < 4.78 is 27.8. The molecule has 0 atom stereocenters. The van der Waals surface area contributed by atoms with Crippen LogP contribution in [0.5, 0.6) is 0 Å². The molecule has 2 aromatic carbocycles. The molecule has 0 bridgehead atoms. The van der Waals surface area contributed by atoms with Gasteiger partial charge in [-0.2, -0.15) is 0 Å². The summed E-state index contributed by atoms with van der Waals surface area (Å²) in [6, 6.07) is 8.15. The van der Waals surface area contributed by atoms with Gasteiger partial charge in [-0.15, -0.1) is 0 Å². The molecule has 2 amide bonds. The summed E-state index contributed by atoms with van der Waals surface area (Å²) in [6.07, 6.45) is 0. The Hall–Kier alpha value is -2.28. The lowest BCUT2D eigenvalue weighted by Gasteiger charge is -2.21. The maximum atomic E-state index is 13.9. The summed E-state index contributed by atoms with van der Waals surface area (Å²) >= 11 is 3.33. The fourth-order valence-corrected chi connectivity index (χ4v) is 2.64. The lowest BCUT2D eigenvalue weighted by atomic mass is 10.2. The highest BCUT2D eigenvalue weighted by atomic mass is 79.9. The quantitative estimate of drug-likeness (QED) is 0.847. The zero-order chi connectivity index (χ0) is 17.9. The predicted octanol–water partition coefficient (Wildman–Crippen LogP) is 4.03. The number of rotatable bonds is 4. The molecule has 0 aliphatic rings. The van der Waals surface area contributed by atoms with E-state index < -0.39 is 23.4 Å². The largest absolute Gasteiger partial charge is 0.324 e. The summed E-state index contributed by atoms with van der Waals surface area (Å²) in [5.41, 5.74) is 1.28. The van der Waals surface area contributed by atoms with Crippen LogP contribution >= 0.6 is 15.9 Å². The van der Waals surface area contributed by atoms with Crippen molar-refractivity contribution in [1.82, 2.24) is 0 Å². The maximum absolute atomic E-state index is 13.9. The van der Waals surface area contributed by atoms with Crippen molar-refractivity contribution in [3.8, 4) is 0 Å². The third-order valence-corrected chi connectivity index (χ3v) is 3.84. The predicted molar refractivity (Wildman–Crippen MR) is 91.9 cm³/mol. The number of anilines is 2. The normalized spacial score (nSPS) is 10.4. The lowest BCUT2D eigenvalue weighted by molar-refractivity contribution is -0.120. The van der Waals surface area contributed by atoms with Gasteiger partial charge >= 0.3 is 0 Å². The zero-order valence-corrected chi connectivity index (χ0v) is 14.7. The Balaban J connectivity index is 2.18. The highest BCUT2D eigenvalue weighted by Gasteiger charge is 2.20. The van der Waals surface area contributed by atoms with Crippen LogP contribution in [0.1, 0.15) is 12.5 Å². The third kappa shape index (κ3) is 4.38.